The van der Waals surface area contributed by atoms with Crippen LogP contribution >= 0.6 is 0 Å². The third kappa shape index (κ3) is 4.14. The molecule has 1 saturated heterocycles. The summed E-state index contributed by atoms with van der Waals surface area (Å²) >= 11 is 0. The molecule has 5 heteroatoms. The summed E-state index contributed by atoms with van der Waals surface area (Å²) in [5.41, 5.74) is 2.82. The van der Waals surface area contributed by atoms with Gasteiger partial charge in [0.05, 0.1) is 19.1 Å². The van der Waals surface area contributed by atoms with Crippen molar-refractivity contribution in [2.24, 2.45) is 11.8 Å². The van der Waals surface area contributed by atoms with Gasteiger partial charge in [0.15, 0.2) is 0 Å². The minimum absolute atomic E-state index is 0.0254. The highest BCUT2D eigenvalue weighted by atomic mass is 16.5. The molecule has 2 atom stereocenters. The molecule has 5 nitrogen and oxygen atoms in total. The van der Waals surface area contributed by atoms with Crippen LogP contribution in [0.5, 0.6) is 5.75 Å². The second-order valence-corrected chi connectivity index (χ2v) is 8.12. The van der Waals surface area contributed by atoms with Gasteiger partial charge in [0.1, 0.15) is 5.75 Å². The molecule has 1 heterocycles. The van der Waals surface area contributed by atoms with Crippen LogP contribution in [0.15, 0.2) is 48.5 Å². The summed E-state index contributed by atoms with van der Waals surface area (Å²) in [7, 11) is 1.63. The van der Waals surface area contributed by atoms with Gasteiger partial charge in [-0.2, -0.15) is 0 Å². The lowest BCUT2D eigenvalue weighted by atomic mass is 9.82. The van der Waals surface area contributed by atoms with Crippen LogP contribution in [-0.4, -0.2) is 25.5 Å². The van der Waals surface area contributed by atoms with Crippen molar-refractivity contribution in [3.63, 3.8) is 0 Å². The van der Waals surface area contributed by atoms with E-state index in [9.17, 15) is 9.59 Å². The highest BCUT2D eigenvalue weighted by Gasteiger charge is 2.42. The lowest BCUT2D eigenvalue weighted by Crippen LogP contribution is -2.48. The number of amides is 2. The van der Waals surface area contributed by atoms with E-state index in [4.69, 9.17) is 4.74 Å². The lowest BCUT2D eigenvalue weighted by Gasteiger charge is -2.41. The minimum Gasteiger partial charge on any atom is -0.496 e. The molecule has 1 N–H and O–H groups in total. The molecule has 4 rings (SSSR count). The number of aryl methyl sites for hydroxylation is 1. The van der Waals surface area contributed by atoms with E-state index in [1.54, 1.807) is 12.0 Å². The molecule has 0 unspecified atom stereocenters. The minimum atomic E-state index is -0.394. The van der Waals surface area contributed by atoms with E-state index < -0.39 is 6.04 Å². The zero-order valence-corrected chi connectivity index (χ0v) is 17.1. The summed E-state index contributed by atoms with van der Waals surface area (Å²) in [4.78, 5) is 28.0. The Labute approximate surface area is 172 Å². The van der Waals surface area contributed by atoms with Crippen molar-refractivity contribution in [2.75, 3.05) is 18.6 Å². The Morgan fingerprint density at radius 2 is 1.83 bits per heavy atom. The van der Waals surface area contributed by atoms with Gasteiger partial charge in [0.25, 0.3) is 0 Å². The van der Waals surface area contributed by atoms with Gasteiger partial charge in [0.2, 0.25) is 11.8 Å². The predicted molar refractivity (Wildman–Crippen MR) is 113 cm³/mol. The van der Waals surface area contributed by atoms with Crippen LogP contribution in [0.4, 0.5) is 5.69 Å². The van der Waals surface area contributed by atoms with Gasteiger partial charge >= 0.3 is 0 Å². The third-order valence-electron chi connectivity index (χ3n) is 5.97. The molecule has 0 bridgehead atoms. The average Bonchev–Trinajstić information content (AvgIpc) is 3.57. The first-order valence-electron chi connectivity index (χ1n) is 10.4. The number of rotatable bonds is 6. The molecule has 2 aliphatic rings. The maximum absolute atomic E-state index is 13.2. The van der Waals surface area contributed by atoms with Gasteiger partial charge < -0.3 is 15.0 Å². The molecular formula is C24H28N2O3. The Balaban J connectivity index is 1.74. The zero-order valence-electron chi connectivity index (χ0n) is 17.1. The van der Waals surface area contributed by atoms with E-state index in [2.05, 4.69) is 5.32 Å². The number of carbonyl (C=O) groups is 2. The normalized spacial score (nSPS) is 21.7. The van der Waals surface area contributed by atoms with Crippen LogP contribution in [0.25, 0.3) is 0 Å². The van der Waals surface area contributed by atoms with Gasteiger partial charge in [-0.15, -0.1) is 0 Å². The van der Waals surface area contributed by atoms with Gasteiger partial charge in [-0.05, 0) is 50.3 Å². The molecule has 0 aromatic heterocycles. The highest BCUT2D eigenvalue weighted by molar-refractivity contribution is 5.97. The monoisotopic (exact) mass is 392 g/mol. The maximum Gasteiger partial charge on any atom is 0.227 e. The first-order chi connectivity index (χ1) is 14.1. The summed E-state index contributed by atoms with van der Waals surface area (Å²) < 4.78 is 5.60. The quantitative estimate of drug-likeness (QED) is 0.808. The number of hydrogen-bond acceptors (Lipinski definition) is 3. The number of piperidine rings is 1. The predicted octanol–water partition coefficient (Wildman–Crippen LogP) is 4.01. The fourth-order valence-electron chi connectivity index (χ4n) is 4.14. The van der Waals surface area contributed by atoms with Gasteiger partial charge in [0, 0.05) is 24.2 Å². The van der Waals surface area contributed by atoms with E-state index in [1.165, 1.54) is 12.8 Å². The van der Waals surface area contributed by atoms with E-state index in [0.717, 1.165) is 23.4 Å². The number of carbonyl (C=O) groups excluding carboxylic acids is 2. The number of methoxy groups -OCH3 is 1. The number of nitrogens with zero attached hydrogens (tertiary/aromatic N) is 1. The summed E-state index contributed by atoms with van der Waals surface area (Å²) in [5, 5.41) is 3.13. The van der Waals surface area contributed by atoms with E-state index in [0.29, 0.717) is 24.5 Å². The lowest BCUT2D eigenvalue weighted by molar-refractivity contribution is -0.129. The van der Waals surface area contributed by atoms with Gasteiger partial charge in [-0.25, -0.2) is 0 Å². The zero-order chi connectivity index (χ0) is 20.4. The fraction of sp³-hybridized carbons (Fsp3) is 0.417. The van der Waals surface area contributed by atoms with Crippen molar-refractivity contribution in [2.45, 2.75) is 38.6 Å². The average molecular weight is 392 g/mol. The molecule has 0 radical (unpaired) electrons. The van der Waals surface area contributed by atoms with Crippen molar-refractivity contribution >= 4 is 17.5 Å². The number of hydrogen-bond donors (Lipinski definition) is 1. The van der Waals surface area contributed by atoms with Crippen molar-refractivity contribution in [1.29, 1.82) is 0 Å². The molecule has 1 aliphatic carbocycles. The number of ether oxygens (including phenoxy) is 1. The second kappa shape index (κ2) is 8.27. The molecule has 1 aliphatic heterocycles. The van der Waals surface area contributed by atoms with Crippen molar-refractivity contribution in [3.05, 3.63) is 59.7 Å². The number of nitrogens with one attached hydrogen (secondary N) is 1. The Bertz CT molecular complexity index is 889. The molecule has 2 aromatic rings. The van der Waals surface area contributed by atoms with Crippen molar-refractivity contribution in [1.82, 2.24) is 5.32 Å². The van der Waals surface area contributed by atoms with Crippen LogP contribution in [-0.2, 0) is 9.59 Å². The van der Waals surface area contributed by atoms with Crippen LogP contribution in [0.3, 0.4) is 0 Å². The Morgan fingerprint density at radius 1 is 1.10 bits per heavy atom. The van der Waals surface area contributed by atoms with Crippen LogP contribution in [0.2, 0.25) is 0 Å². The molecule has 29 heavy (non-hydrogen) atoms. The van der Waals surface area contributed by atoms with Crippen molar-refractivity contribution < 1.29 is 14.3 Å². The topological polar surface area (TPSA) is 58.6 Å². The summed E-state index contributed by atoms with van der Waals surface area (Å²) in [6.07, 6.45) is 3.28. The molecule has 2 amide bonds. The van der Waals surface area contributed by atoms with Gasteiger partial charge in [-0.3, -0.25) is 9.59 Å². The first kappa shape index (κ1) is 19.5. The fourth-order valence-corrected chi connectivity index (χ4v) is 4.14. The first-order valence-corrected chi connectivity index (χ1v) is 10.4. The molecule has 152 valence electrons. The molecule has 0 spiro atoms. The van der Waals surface area contributed by atoms with Crippen LogP contribution < -0.4 is 15.0 Å². The number of benzene rings is 2. The standard InChI is InChI=1S/C24H28N2O3/c1-16-7-11-18(12-8-16)26-22(27)14-13-20(24(28)25-15-17-9-10-17)23(26)19-5-3-4-6-21(19)29-2/h3-8,11-12,17,20,23H,9-10,13-15H2,1-2H3,(H,25,28)/t20-,23+/m1/s1. The Morgan fingerprint density at radius 3 is 2.52 bits per heavy atom. The Kier molecular flexibility index (Phi) is 5.56. The number of anilines is 1. The summed E-state index contributed by atoms with van der Waals surface area (Å²) in [6, 6.07) is 15.2. The van der Waals surface area contributed by atoms with E-state index in [-0.39, 0.29) is 17.7 Å². The second-order valence-electron chi connectivity index (χ2n) is 8.12. The molecule has 1 saturated carbocycles. The highest BCUT2D eigenvalue weighted by Crippen LogP contribution is 2.43. The smallest absolute Gasteiger partial charge is 0.227 e. The Hall–Kier alpha value is -2.82. The maximum atomic E-state index is 13.2. The SMILES string of the molecule is COc1ccccc1[C@H]1[C@H](C(=O)NCC2CC2)CCC(=O)N1c1ccc(C)cc1. The summed E-state index contributed by atoms with van der Waals surface area (Å²) in [6.45, 7) is 2.75. The van der Waals surface area contributed by atoms with E-state index in [1.807, 2.05) is 55.5 Å². The van der Waals surface area contributed by atoms with Crippen LogP contribution in [0, 0.1) is 18.8 Å². The van der Waals surface area contributed by atoms with Gasteiger partial charge in [-0.1, -0.05) is 35.9 Å². The third-order valence-corrected chi connectivity index (χ3v) is 5.97. The summed E-state index contributed by atoms with van der Waals surface area (Å²) in [5.74, 6) is 1.06. The largest absolute Gasteiger partial charge is 0.496 e. The molecular weight excluding hydrogens is 364 g/mol. The van der Waals surface area contributed by atoms with E-state index >= 15 is 0 Å². The molecule has 2 fully saturated rings. The number of para-hydroxylation sites is 1. The molecule has 2 aromatic carbocycles. The van der Waals surface area contributed by atoms with Crippen molar-refractivity contribution in [3.8, 4) is 5.75 Å². The van der Waals surface area contributed by atoms with Crippen LogP contribution in [0.1, 0.15) is 42.9 Å².